The Morgan fingerprint density at radius 1 is 1.15 bits per heavy atom. The monoisotopic (exact) mass is 365 g/mol. The van der Waals surface area contributed by atoms with Gasteiger partial charge in [-0.3, -0.25) is 0 Å². The number of fused-ring (bicyclic) bond motifs is 1. The van der Waals surface area contributed by atoms with Crippen molar-refractivity contribution in [1.29, 1.82) is 0 Å². The third-order valence-corrected chi connectivity index (χ3v) is 5.06. The fourth-order valence-corrected chi connectivity index (χ4v) is 3.73. The van der Waals surface area contributed by atoms with E-state index >= 15 is 0 Å². The molecule has 3 heterocycles. The highest BCUT2D eigenvalue weighted by Crippen LogP contribution is 2.27. The Morgan fingerprint density at radius 3 is 2.85 bits per heavy atom. The molecule has 0 bridgehead atoms. The topological polar surface area (TPSA) is 53.0 Å². The Hall–Kier alpha value is -2.60. The Bertz CT molecular complexity index is 801. The first-order chi connectivity index (χ1) is 13.4. The van der Waals surface area contributed by atoms with Gasteiger partial charge in [-0.2, -0.15) is 0 Å². The van der Waals surface area contributed by atoms with E-state index in [0.29, 0.717) is 6.54 Å². The number of para-hydroxylation sites is 1. The highest BCUT2D eigenvalue weighted by molar-refractivity contribution is 5.98. The van der Waals surface area contributed by atoms with E-state index in [-0.39, 0.29) is 0 Å². The summed E-state index contributed by atoms with van der Waals surface area (Å²) >= 11 is 0. The van der Waals surface area contributed by atoms with Crippen molar-refractivity contribution in [3.63, 3.8) is 0 Å². The van der Waals surface area contributed by atoms with E-state index in [0.717, 1.165) is 63.2 Å². The molecule has 4 rings (SSSR count). The summed E-state index contributed by atoms with van der Waals surface area (Å²) < 4.78 is 5.48. The molecule has 142 valence electrons. The van der Waals surface area contributed by atoms with Crippen LogP contribution in [0, 0.1) is 0 Å². The van der Waals surface area contributed by atoms with Crippen molar-refractivity contribution in [3.8, 4) is 0 Å². The predicted molar refractivity (Wildman–Crippen MR) is 110 cm³/mol. The molecular weight excluding hydrogens is 338 g/mol. The van der Waals surface area contributed by atoms with E-state index < -0.39 is 0 Å². The van der Waals surface area contributed by atoms with Gasteiger partial charge in [0.25, 0.3) is 0 Å². The van der Waals surface area contributed by atoms with Crippen LogP contribution in [0.5, 0.6) is 0 Å². The smallest absolute Gasteiger partial charge is 0.198 e. The second-order valence-corrected chi connectivity index (χ2v) is 6.79. The van der Waals surface area contributed by atoms with Gasteiger partial charge in [0.1, 0.15) is 5.82 Å². The molecule has 1 saturated heterocycles. The molecule has 0 atom stereocenters. The largest absolute Gasteiger partial charge is 0.378 e. The summed E-state index contributed by atoms with van der Waals surface area (Å²) in [5.74, 6) is 1.97. The van der Waals surface area contributed by atoms with Crippen molar-refractivity contribution in [3.05, 3.63) is 53.7 Å². The number of ether oxygens (including phenoxy) is 1. The number of anilines is 2. The van der Waals surface area contributed by atoms with E-state index in [1.54, 1.807) is 0 Å². The molecule has 1 N–H and O–H groups in total. The first-order valence-corrected chi connectivity index (χ1v) is 9.77. The predicted octanol–water partition coefficient (Wildman–Crippen LogP) is 2.45. The van der Waals surface area contributed by atoms with E-state index in [1.807, 2.05) is 12.3 Å². The first-order valence-electron chi connectivity index (χ1n) is 9.77. The zero-order chi connectivity index (χ0) is 18.5. The Morgan fingerprint density at radius 2 is 2.00 bits per heavy atom. The molecule has 0 unspecified atom stereocenters. The Kier molecular flexibility index (Phi) is 5.53. The third-order valence-electron chi connectivity index (χ3n) is 5.06. The maximum absolute atomic E-state index is 5.48. The Balaban J connectivity index is 1.57. The highest BCUT2D eigenvalue weighted by Gasteiger charge is 2.22. The minimum atomic E-state index is 0.613. The molecular formula is C21H27N5O. The van der Waals surface area contributed by atoms with E-state index in [4.69, 9.17) is 9.73 Å². The van der Waals surface area contributed by atoms with Gasteiger partial charge < -0.3 is 19.9 Å². The summed E-state index contributed by atoms with van der Waals surface area (Å²) in [7, 11) is 0. The zero-order valence-electron chi connectivity index (χ0n) is 15.9. The fraction of sp³-hybridized carbons (Fsp3) is 0.429. The summed E-state index contributed by atoms with van der Waals surface area (Å²) in [6, 6.07) is 12.7. The second-order valence-electron chi connectivity index (χ2n) is 6.79. The van der Waals surface area contributed by atoms with E-state index in [9.17, 15) is 0 Å². The minimum absolute atomic E-state index is 0.613. The van der Waals surface area contributed by atoms with Crippen molar-refractivity contribution < 1.29 is 4.74 Å². The van der Waals surface area contributed by atoms with Crippen molar-refractivity contribution in [2.45, 2.75) is 19.9 Å². The van der Waals surface area contributed by atoms with E-state index in [1.165, 1.54) is 11.3 Å². The van der Waals surface area contributed by atoms with Crippen LogP contribution in [0.2, 0.25) is 0 Å². The molecule has 1 fully saturated rings. The van der Waals surface area contributed by atoms with Gasteiger partial charge in [0, 0.05) is 43.6 Å². The molecule has 0 saturated carbocycles. The lowest BCUT2D eigenvalue weighted by Gasteiger charge is -2.29. The van der Waals surface area contributed by atoms with Gasteiger partial charge in [0.15, 0.2) is 5.96 Å². The zero-order valence-corrected chi connectivity index (χ0v) is 15.9. The number of guanidine groups is 1. The number of hydrogen-bond donors (Lipinski definition) is 1. The number of morpholine rings is 1. The first kappa shape index (κ1) is 17.8. The summed E-state index contributed by atoms with van der Waals surface area (Å²) in [5, 5.41) is 3.46. The average Bonchev–Trinajstić information content (AvgIpc) is 3.16. The average molecular weight is 365 g/mol. The fourth-order valence-electron chi connectivity index (χ4n) is 3.73. The maximum atomic E-state index is 5.48. The quantitative estimate of drug-likeness (QED) is 0.666. The molecule has 27 heavy (non-hydrogen) atoms. The standard InChI is InChI=1S/C21H27N5O/c1-2-22-21(26-11-9-17-6-3-4-8-19(17)26)24-16-18-7-5-10-23-20(18)25-12-14-27-15-13-25/h3-8,10H,2,9,11-16H2,1H3,(H,22,24). The molecule has 0 radical (unpaired) electrons. The summed E-state index contributed by atoms with van der Waals surface area (Å²) in [6.07, 6.45) is 2.92. The normalized spacial score (nSPS) is 17.1. The molecule has 6 nitrogen and oxygen atoms in total. The van der Waals surface area contributed by atoms with Crippen molar-refractivity contribution >= 4 is 17.5 Å². The highest BCUT2D eigenvalue weighted by atomic mass is 16.5. The number of rotatable bonds is 4. The van der Waals surface area contributed by atoms with Crippen LogP contribution >= 0.6 is 0 Å². The van der Waals surface area contributed by atoms with Crippen LogP contribution in [0.3, 0.4) is 0 Å². The lowest BCUT2D eigenvalue weighted by molar-refractivity contribution is 0.122. The maximum Gasteiger partial charge on any atom is 0.198 e. The van der Waals surface area contributed by atoms with Crippen molar-refractivity contribution in [1.82, 2.24) is 10.3 Å². The number of nitrogens with one attached hydrogen (secondary N) is 1. The van der Waals surface area contributed by atoms with Crippen LogP contribution in [0.25, 0.3) is 0 Å². The van der Waals surface area contributed by atoms with Gasteiger partial charge >= 0.3 is 0 Å². The molecule has 2 aliphatic rings. The van der Waals surface area contributed by atoms with Crippen LogP contribution in [-0.2, 0) is 17.7 Å². The van der Waals surface area contributed by atoms with Gasteiger partial charge in [-0.25, -0.2) is 9.98 Å². The molecule has 2 aromatic rings. The lowest BCUT2D eigenvalue weighted by Crippen LogP contribution is -2.40. The minimum Gasteiger partial charge on any atom is -0.378 e. The SMILES string of the molecule is CCNC(=NCc1cccnc1N1CCOCC1)N1CCc2ccccc21. The molecule has 1 aromatic heterocycles. The van der Waals surface area contributed by atoms with Gasteiger partial charge in [-0.1, -0.05) is 24.3 Å². The molecule has 0 aliphatic carbocycles. The number of pyridine rings is 1. The second kappa shape index (κ2) is 8.39. The summed E-state index contributed by atoms with van der Waals surface area (Å²) in [6.45, 7) is 7.82. The van der Waals surface area contributed by atoms with Gasteiger partial charge in [0.2, 0.25) is 0 Å². The van der Waals surface area contributed by atoms with Crippen LogP contribution in [0.15, 0.2) is 47.6 Å². The van der Waals surface area contributed by atoms with Crippen LogP contribution in [0.4, 0.5) is 11.5 Å². The third kappa shape index (κ3) is 3.90. The molecule has 1 aromatic carbocycles. The number of aromatic nitrogens is 1. The van der Waals surface area contributed by atoms with Crippen molar-refractivity contribution in [2.75, 3.05) is 49.2 Å². The molecule has 2 aliphatic heterocycles. The van der Waals surface area contributed by atoms with Crippen LogP contribution < -0.4 is 15.1 Å². The molecule has 0 spiro atoms. The van der Waals surface area contributed by atoms with Crippen LogP contribution in [0.1, 0.15) is 18.1 Å². The summed E-state index contributed by atoms with van der Waals surface area (Å²) in [4.78, 5) is 14.2. The lowest BCUT2D eigenvalue weighted by atomic mass is 10.2. The van der Waals surface area contributed by atoms with E-state index in [2.05, 4.69) is 57.4 Å². The number of nitrogens with zero attached hydrogens (tertiary/aromatic N) is 4. The Labute approximate surface area is 160 Å². The molecule has 0 amide bonds. The van der Waals surface area contributed by atoms with Crippen LogP contribution in [-0.4, -0.2) is 50.3 Å². The van der Waals surface area contributed by atoms with Gasteiger partial charge in [0.05, 0.1) is 19.8 Å². The summed E-state index contributed by atoms with van der Waals surface area (Å²) in [5.41, 5.74) is 3.80. The molecule has 6 heteroatoms. The van der Waals surface area contributed by atoms with Crippen molar-refractivity contribution in [2.24, 2.45) is 4.99 Å². The van der Waals surface area contributed by atoms with Gasteiger partial charge in [-0.15, -0.1) is 0 Å². The number of aliphatic imine (C=N–C) groups is 1. The van der Waals surface area contributed by atoms with Gasteiger partial charge in [-0.05, 0) is 31.0 Å². The number of benzene rings is 1. The number of hydrogen-bond acceptors (Lipinski definition) is 4.